The molecule has 0 radical (unpaired) electrons. The molecule has 0 aromatic heterocycles. The molecule has 16 heavy (non-hydrogen) atoms. The quantitative estimate of drug-likeness (QED) is 0.437. The molecule has 0 saturated carbocycles. The van der Waals surface area contributed by atoms with Gasteiger partial charge in [0.25, 0.3) is 5.91 Å². The monoisotopic (exact) mass is 216 g/mol. The number of carbonyl (C=O) groups is 1. The van der Waals surface area contributed by atoms with E-state index in [-0.39, 0.29) is 11.3 Å². The molecule has 5 heteroatoms. The van der Waals surface area contributed by atoms with E-state index in [9.17, 15) is 4.79 Å². The van der Waals surface area contributed by atoms with Crippen molar-refractivity contribution in [2.45, 2.75) is 19.3 Å². The van der Waals surface area contributed by atoms with Crippen LogP contribution in [0.15, 0.2) is 23.3 Å². The van der Waals surface area contributed by atoms with Crippen molar-refractivity contribution in [3.8, 4) is 0 Å². The highest BCUT2D eigenvalue weighted by Crippen LogP contribution is 2.31. The third-order valence-electron chi connectivity index (χ3n) is 2.83. The van der Waals surface area contributed by atoms with E-state index in [2.05, 4.69) is 29.2 Å². The average Bonchev–Trinajstić information content (AvgIpc) is 2.25. The minimum atomic E-state index is -0.107. The van der Waals surface area contributed by atoms with Crippen molar-refractivity contribution >= 4 is 11.6 Å². The summed E-state index contributed by atoms with van der Waals surface area (Å²) in [6.07, 6.45) is 0. The summed E-state index contributed by atoms with van der Waals surface area (Å²) in [6.45, 7) is 4.76. The van der Waals surface area contributed by atoms with E-state index < -0.39 is 0 Å². The highest BCUT2D eigenvalue weighted by Gasteiger charge is 2.31. The Morgan fingerprint density at radius 1 is 1.50 bits per heavy atom. The van der Waals surface area contributed by atoms with Crippen LogP contribution in [0.1, 0.15) is 29.8 Å². The first-order valence-electron chi connectivity index (χ1n) is 5.02. The van der Waals surface area contributed by atoms with E-state index in [1.165, 1.54) is 0 Å². The number of benzene rings is 1. The van der Waals surface area contributed by atoms with Gasteiger partial charge in [0.1, 0.15) is 0 Å². The Labute approximate surface area is 93.1 Å². The molecule has 1 aliphatic heterocycles. The number of amides is 1. The van der Waals surface area contributed by atoms with Gasteiger partial charge in [0.05, 0.1) is 0 Å². The fourth-order valence-electron chi connectivity index (χ4n) is 1.92. The van der Waals surface area contributed by atoms with Crippen LogP contribution in [-0.2, 0) is 5.41 Å². The molecule has 0 unspecified atom stereocenters. The van der Waals surface area contributed by atoms with Gasteiger partial charge in [-0.2, -0.15) is 0 Å². The van der Waals surface area contributed by atoms with Crippen molar-refractivity contribution in [2.24, 2.45) is 5.11 Å². The van der Waals surface area contributed by atoms with Crippen molar-refractivity contribution in [3.63, 3.8) is 0 Å². The van der Waals surface area contributed by atoms with Gasteiger partial charge in [-0.3, -0.25) is 4.79 Å². The second kappa shape index (κ2) is 3.54. The topological polar surface area (TPSA) is 77.9 Å². The summed E-state index contributed by atoms with van der Waals surface area (Å²) >= 11 is 0. The van der Waals surface area contributed by atoms with Gasteiger partial charge >= 0.3 is 0 Å². The van der Waals surface area contributed by atoms with Gasteiger partial charge < -0.3 is 5.32 Å². The van der Waals surface area contributed by atoms with Gasteiger partial charge in [0.15, 0.2) is 0 Å². The average molecular weight is 216 g/mol. The van der Waals surface area contributed by atoms with Gasteiger partial charge in [0, 0.05) is 28.1 Å². The summed E-state index contributed by atoms with van der Waals surface area (Å²) < 4.78 is 0. The van der Waals surface area contributed by atoms with E-state index in [1.54, 1.807) is 12.1 Å². The fraction of sp³-hybridized carbons (Fsp3) is 0.364. The summed E-state index contributed by atoms with van der Waals surface area (Å²) in [5.41, 5.74) is 10.3. The van der Waals surface area contributed by atoms with Crippen molar-refractivity contribution in [1.82, 2.24) is 5.32 Å². The third kappa shape index (κ3) is 1.61. The predicted octanol–water partition coefficient (Wildman–Crippen LogP) is 2.65. The molecule has 1 heterocycles. The Morgan fingerprint density at radius 2 is 2.25 bits per heavy atom. The van der Waals surface area contributed by atoms with Crippen LogP contribution in [-0.4, -0.2) is 12.5 Å². The Kier molecular flexibility index (Phi) is 2.33. The second-order valence-corrected chi connectivity index (χ2v) is 4.49. The summed E-state index contributed by atoms with van der Waals surface area (Å²) in [4.78, 5) is 14.4. The standard InChI is InChI=1S/C11H12N4O/c1-11(2)6-13-10(16)8-5-7(14-15-12)3-4-9(8)11/h3-5H,6H2,1-2H3,(H,13,16). The Hall–Kier alpha value is -2.00. The molecule has 1 aliphatic rings. The zero-order valence-corrected chi connectivity index (χ0v) is 9.19. The van der Waals surface area contributed by atoms with Crippen molar-refractivity contribution < 1.29 is 4.79 Å². The number of nitrogens with one attached hydrogen (secondary N) is 1. The highest BCUT2D eigenvalue weighted by molar-refractivity contribution is 5.98. The van der Waals surface area contributed by atoms with Crippen LogP contribution in [0, 0.1) is 0 Å². The summed E-state index contributed by atoms with van der Waals surface area (Å²) in [5, 5.41) is 6.32. The van der Waals surface area contributed by atoms with Crippen LogP contribution >= 0.6 is 0 Å². The lowest BCUT2D eigenvalue weighted by Crippen LogP contribution is -2.43. The van der Waals surface area contributed by atoms with E-state index >= 15 is 0 Å². The summed E-state index contributed by atoms with van der Waals surface area (Å²) in [7, 11) is 0. The molecule has 0 atom stereocenters. The summed E-state index contributed by atoms with van der Waals surface area (Å²) in [5.74, 6) is -0.107. The number of nitrogens with zero attached hydrogens (tertiary/aromatic N) is 3. The number of rotatable bonds is 1. The first kappa shape index (κ1) is 10.5. The van der Waals surface area contributed by atoms with Crippen LogP contribution in [0.5, 0.6) is 0 Å². The number of azide groups is 1. The molecule has 1 amide bonds. The fourth-order valence-corrected chi connectivity index (χ4v) is 1.92. The van der Waals surface area contributed by atoms with E-state index in [0.29, 0.717) is 17.8 Å². The van der Waals surface area contributed by atoms with Crippen LogP contribution in [0.2, 0.25) is 0 Å². The van der Waals surface area contributed by atoms with Crippen LogP contribution in [0.4, 0.5) is 5.69 Å². The van der Waals surface area contributed by atoms with Crippen LogP contribution in [0.25, 0.3) is 10.4 Å². The predicted molar refractivity (Wildman–Crippen MR) is 60.6 cm³/mol. The number of fused-ring (bicyclic) bond motifs is 1. The Balaban J connectivity index is 2.60. The molecule has 1 aromatic rings. The zero-order valence-electron chi connectivity index (χ0n) is 9.19. The van der Waals surface area contributed by atoms with E-state index in [0.717, 1.165) is 5.56 Å². The number of carbonyl (C=O) groups excluding carboxylic acids is 1. The molecule has 5 nitrogen and oxygen atoms in total. The normalized spacial score (nSPS) is 17.0. The van der Waals surface area contributed by atoms with Crippen LogP contribution < -0.4 is 5.32 Å². The van der Waals surface area contributed by atoms with Gasteiger partial charge in [0.2, 0.25) is 0 Å². The van der Waals surface area contributed by atoms with Crippen molar-refractivity contribution in [3.05, 3.63) is 39.8 Å². The maximum atomic E-state index is 11.7. The largest absolute Gasteiger partial charge is 0.351 e. The lowest BCUT2D eigenvalue weighted by atomic mass is 9.79. The first-order chi connectivity index (χ1) is 7.54. The Bertz CT molecular complexity index is 501. The molecule has 1 aromatic carbocycles. The molecule has 82 valence electrons. The molecule has 1 N–H and O–H groups in total. The second-order valence-electron chi connectivity index (χ2n) is 4.49. The molecule has 0 saturated heterocycles. The molecule has 2 rings (SSSR count). The molecule has 0 aliphatic carbocycles. The van der Waals surface area contributed by atoms with Crippen molar-refractivity contribution in [1.29, 1.82) is 0 Å². The van der Waals surface area contributed by atoms with Gasteiger partial charge in [-0.15, -0.1) is 0 Å². The van der Waals surface area contributed by atoms with Gasteiger partial charge in [-0.05, 0) is 17.2 Å². The minimum Gasteiger partial charge on any atom is -0.351 e. The van der Waals surface area contributed by atoms with E-state index in [4.69, 9.17) is 5.53 Å². The molecule has 0 bridgehead atoms. The molecular weight excluding hydrogens is 204 g/mol. The smallest absolute Gasteiger partial charge is 0.251 e. The van der Waals surface area contributed by atoms with Gasteiger partial charge in [-0.1, -0.05) is 31.1 Å². The molecular formula is C11H12N4O. The van der Waals surface area contributed by atoms with E-state index in [1.807, 2.05) is 6.07 Å². The SMILES string of the molecule is CC1(C)CNC(=O)c2cc(N=[N+]=[N-])ccc21. The summed E-state index contributed by atoms with van der Waals surface area (Å²) in [6, 6.07) is 5.22. The Morgan fingerprint density at radius 3 is 2.94 bits per heavy atom. The zero-order chi connectivity index (χ0) is 11.8. The first-order valence-corrected chi connectivity index (χ1v) is 5.02. The maximum absolute atomic E-state index is 11.7. The third-order valence-corrected chi connectivity index (χ3v) is 2.83. The number of hydrogen-bond acceptors (Lipinski definition) is 2. The highest BCUT2D eigenvalue weighted by atomic mass is 16.1. The maximum Gasteiger partial charge on any atom is 0.251 e. The molecule has 0 spiro atoms. The van der Waals surface area contributed by atoms with Crippen molar-refractivity contribution in [2.75, 3.05) is 6.54 Å². The lowest BCUT2D eigenvalue weighted by Gasteiger charge is -2.32. The minimum absolute atomic E-state index is 0.0852. The molecule has 0 fully saturated rings. The van der Waals surface area contributed by atoms with Crippen LogP contribution in [0.3, 0.4) is 0 Å². The number of hydrogen-bond donors (Lipinski definition) is 1. The lowest BCUT2D eigenvalue weighted by molar-refractivity contribution is 0.0930. The van der Waals surface area contributed by atoms with Gasteiger partial charge in [-0.25, -0.2) is 0 Å².